The van der Waals surface area contributed by atoms with Crippen LogP contribution < -0.4 is 0 Å². The number of aliphatic hydroxyl groups excluding tert-OH is 2. The fourth-order valence-corrected chi connectivity index (χ4v) is 1.76. The van der Waals surface area contributed by atoms with Crippen LogP contribution in [0.4, 0.5) is 0 Å². The molecule has 0 heterocycles. The molecule has 0 saturated carbocycles. The van der Waals surface area contributed by atoms with Gasteiger partial charge in [0, 0.05) is 10.6 Å². The van der Waals surface area contributed by atoms with Gasteiger partial charge in [0.05, 0.1) is 7.11 Å². The van der Waals surface area contributed by atoms with Crippen molar-refractivity contribution in [1.82, 2.24) is 0 Å². The molecule has 0 radical (unpaired) electrons. The zero-order chi connectivity index (χ0) is 12.3. The molecule has 5 heteroatoms. The summed E-state index contributed by atoms with van der Waals surface area (Å²) in [5.41, 5.74) is 1.03. The highest BCUT2D eigenvalue weighted by molar-refractivity contribution is 6.31. The zero-order valence-corrected chi connectivity index (χ0v) is 9.73. The van der Waals surface area contributed by atoms with Gasteiger partial charge in [0.2, 0.25) is 0 Å². The largest absolute Gasteiger partial charge is 0.467 e. The first kappa shape index (κ1) is 13.0. The minimum atomic E-state index is -1.64. The number of hydrogen-bond donors (Lipinski definition) is 2. The molecule has 0 aliphatic rings. The van der Waals surface area contributed by atoms with E-state index in [0.29, 0.717) is 16.1 Å². The van der Waals surface area contributed by atoms with E-state index in [0.717, 1.165) is 7.11 Å². The van der Waals surface area contributed by atoms with Crippen LogP contribution >= 0.6 is 11.6 Å². The maximum atomic E-state index is 11.1. The number of hydrogen-bond acceptors (Lipinski definition) is 4. The molecule has 1 aromatic carbocycles. The molecule has 1 rings (SSSR count). The molecule has 0 aliphatic carbocycles. The first-order valence-electron chi connectivity index (χ1n) is 4.68. The Morgan fingerprint density at radius 2 is 2.06 bits per heavy atom. The van der Waals surface area contributed by atoms with Crippen LogP contribution in [-0.2, 0) is 9.53 Å². The molecule has 2 unspecified atom stereocenters. The summed E-state index contributed by atoms with van der Waals surface area (Å²) in [6.07, 6.45) is -3.02. The average Bonchev–Trinajstić information content (AvgIpc) is 2.26. The van der Waals surface area contributed by atoms with Crippen molar-refractivity contribution in [2.45, 2.75) is 19.1 Å². The normalized spacial score (nSPS) is 14.3. The first-order valence-corrected chi connectivity index (χ1v) is 5.05. The lowest BCUT2D eigenvalue weighted by Gasteiger charge is -2.19. The number of rotatable bonds is 3. The lowest BCUT2D eigenvalue weighted by atomic mass is 9.99. The number of aliphatic hydroxyl groups is 2. The SMILES string of the molecule is COC(=O)C(O)C(O)c1c(C)cccc1Cl. The van der Waals surface area contributed by atoms with Gasteiger partial charge >= 0.3 is 5.97 Å². The van der Waals surface area contributed by atoms with Crippen molar-refractivity contribution in [1.29, 1.82) is 0 Å². The second-order valence-corrected chi connectivity index (χ2v) is 3.79. The van der Waals surface area contributed by atoms with Crippen LogP contribution in [0.25, 0.3) is 0 Å². The topological polar surface area (TPSA) is 66.8 Å². The van der Waals surface area contributed by atoms with Crippen molar-refractivity contribution in [3.63, 3.8) is 0 Å². The number of aryl methyl sites for hydroxylation is 1. The van der Waals surface area contributed by atoms with Crippen molar-refractivity contribution >= 4 is 17.6 Å². The number of carbonyl (C=O) groups is 1. The summed E-state index contributed by atoms with van der Waals surface area (Å²) in [5.74, 6) is -0.896. The summed E-state index contributed by atoms with van der Waals surface area (Å²) in [6, 6.07) is 5.03. The molecular weight excluding hydrogens is 232 g/mol. The molecule has 4 nitrogen and oxygen atoms in total. The van der Waals surface area contributed by atoms with Crippen LogP contribution in [0.5, 0.6) is 0 Å². The number of carbonyl (C=O) groups excluding carboxylic acids is 1. The summed E-state index contributed by atoms with van der Waals surface area (Å²) in [4.78, 5) is 11.1. The van der Waals surface area contributed by atoms with Crippen LogP contribution in [0.1, 0.15) is 17.2 Å². The Hall–Kier alpha value is -1.10. The van der Waals surface area contributed by atoms with Crippen molar-refractivity contribution in [2.24, 2.45) is 0 Å². The Morgan fingerprint density at radius 3 is 2.56 bits per heavy atom. The summed E-state index contributed by atoms with van der Waals surface area (Å²) >= 11 is 5.89. The second kappa shape index (κ2) is 5.30. The molecule has 0 saturated heterocycles. The standard InChI is InChI=1S/C11H13ClO4/c1-6-4-3-5-7(12)8(6)9(13)10(14)11(15)16-2/h3-5,9-10,13-14H,1-2H3. The number of esters is 1. The minimum absolute atomic E-state index is 0.301. The van der Waals surface area contributed by atoms with Gasteiger partial charge in [0.15, 0.2) is 6.10 Å². The zero-order valence-electron chi connectivity index (χ0n) is 8.98. The van der Waals surface area contributed by atoms with Crippen LogP contribution in [0.3, 0.4) is 0 Å². The van der Waals surface area contributed by atoms with Crippen molar-refractivity contribution in [2.75, 3.05) is 7.11 Å². The maximum absolute atomic E-state index is 11.1. The Morgan fingerprint density at radius 1 is 1.44 bits per heavy atom. The molecule has 1 aromatic rings. The number of ether oxygens (including phenoxy) is 1. The molecule has 16 heavy (non-hydrogen) atoms. The predicted octanol–water partition coefficient (Wildman–Crippen LogP) is 1.22. The van der Waals surface area contributed by atoms with E-state index in [1.54, 1.807) is 25.1 Å². The molecule has 0 spiro atoms. The Balaban J connectivity index is 3.04. The Kier molecular flexibility index (Phi) is 4.29. The smallest absolute Gasteiger partial charge is 0.337 e. The minimum Gasteiger partial charge on any atom is -0.467 e. The van der Waals surface area contributed by atoms with E-state index in [4.69, 9.17) is 11.6 Å². The summed E-state index contributed by atoms with van der Waals surface area (Å²) < 4.78 is 4.34. The first-order chi connectivity index (χ1) is 7.49. The highest BCUT2D eigenvalue weighted by atomic mass is 35.5. The number of halogens is 1. The third-order valence-corrected chi connectivity index (χ3v) is 2.64. The van der Waals surface area contributed by atoms with Gasteiger partial charge < -0.3 is 14.9 Å². The van der Waals surface area contributed by atoms with Crippen LogP contribution in [-0.4, -0.2) is 29.4 Å². The van der Waals surface area contributed by atoms with E-state index < -0.39 is 18.2 Å². The summed E-state index contributed by atoms with van der Waals surface area (Å²) in [5, 5.41) is 19.6. The molecule has 88 valence electrons. The molecule has 0 bridgehead atoms. The van der Waals surface area contributed by atoms with Gasteiger partial charge in [-0.25, -0.2) is 4.79 Å². The van der Waals surface area contributed by atoms with Crippen LogP contribution in [0, 0.1) is 6.92 Å². The Labute approximate surface area is 98.4 Å². The number of methoxy groups -OCH3 is 1. The lowest BCUT2D eigenvalue weighted by molar-refractivity contribution is -0.156. The van der Waals surface area contributed by atoms with Gasteiger partial charge in [-0.1, -0.05) is 23.7 Å². The molecule has 2 N–H and O–H groups in total. The maximum Gasteiger partial charge on any atom is 0.337 e. The fourth-order valence-electron chi connectivity index (χ4n) is 1.43. The van der Waals surface area contributed by atoms with Gasteiger partial charge in [0.1, 0.15) is 6.10 Å². The van der Waals surface area contributed by atoms with E-state index >= 15 is 0 Å². The molecular formula is C11H13ClO4. The van der Waals surface area contributed by atoms with Gasteiger partial charge in [-0.2, -0.15) is 0 Å². The van der Waals surface area contributed by atoms with Crippen molar-refractivity contribution in [3.8, 4) is 0 Å². The van der Waals surface area contributed by atoms with Gasteiger partial charge in [-0.3, -0.25) is 0 Å². The van der Waals surface area contributed by atoms with Crippen molar-refractivity contribution in [3.05, 3.63) is 34.3 Å². The van der Waals surface area contributed by atoms with E-state index in [2.05, 4.69) is 4.74 Å². The molecule has 0 aliphatic heterocycles. The van der Waals surface area contributed by atoms with Gasteiger partial charge in [-0.15, -0.1) is 0 Å². The lowest BCUT2D eigenvalue weighted by Crippen LogP contribution is -2.29. The quantitative estimate of drug-likeness (QED) is 0.785. The third-order valence-electron chi connectivity index (χ3n) is 2.31. The van der Waals surface area contributed by atoms with Gasteiger partial charge in [0.25, 0.3) is 0 Å². The van der Waals surface area contributed by atoms with E-state index in [1.165, 1.54) is 0 Å². The number of benzene rings is 1. The molecule has 0 aromatic heterocycles. The van der Waals surface area contributed by atoms with E-state index in [-0.39, 0.29) is 0 Å². The van der Waals surface area contributed by atoms with Crippen LogP contribution in [0.15, 0.2) is 18.2 Å². The molecule has 0 amide bonds. The average molecular weight is 245 g/mol. The highest BCUT2D eigenvalue weighted by Crippen LogP contribution is 2.28. The third kappa shape index (κ3) is 2.52. The second-order valence-electron chi connectivity index (χ2n) is 3.38. The molecule has 2 atom stereocenters. The monoisotopic (exact) mass is 244 g/mol. The predicted molar refractivity (Wildman–Crippen MR) is 59.2 cm³/mol. The van der Waals surface area contributed by atoms with Crippen LogP contribution in [0.2, 0.25) is 5.02 Å². The van der Waals surface area contributed by atoms with Gasteiger partial charge in [-0.05, 0) is 18.6 Å². The summed E-state index contributed by atoms with van der Waals surface area (Å²) in [6.45, 7) is 1.73. The van der Waals surface area contributed by atoms with E-state index in [9.17, 15) is 15.0 Å². The Bertz CT molecular complexity index is 371. The fraction of sp³-hybridized carbons (Fsp3) is 0.364. The van der Waals surface area contributed by atoms with Crippen molar-refractivity contribution < 1.29 is 19.7 Å². The van der Waals surface area contributed by atoms with E-state index in [1.807, 2.05) is 0 Å². The summed E-state index contributed by atoms with van der Waals surface area (Å²) in [7, 11) is 1.14. The molecule has 0 fully saturated rings. The highest BCUT2D eigenvalue weighted by Gasteiger charge is 2.28.